The molecule has 0 bridgehead atoms. The maximum Gasteiger partial charge on any atom is 0.282 e. The fraction of sp³-hybridized carbons (Fsp3) is 0.167. The Bertz CT molecular complexity index is 939. The van der Waals surface area contributed by atoms with E-state index in [4.69, 9.17) is 5.73 Å². The largest absolute Gasteiger partial charge is 0.370 e. The molecule has 26 heavy (non-hydrogen) atoms. The Hall–Kier alpha value is -3.42. The molecule has 0 saturated carbocycles. The molecular weight excluding hydrogens is 335 g/mol. The summed E-state index contributed by atoms with van der Waals surface area (Å²) < 4.78 is 13.1. The molecule has 7 nitrogen and oxygen atoms in total. The van der Waals surface area contributed by atoms with Crippen molar-refractivity contribution in [2.75, 3.05) is 16.8 Å². The maximum atomic E-state index is 13.1. The number of nitrogens with zero attached hydrogens (tertiary/aromatic N) is 3. The molecule has 1 amide bonds. The molecule has 4 rings (SSSR count). The van der Waals surface area contributed by atoms with Gasteiger partial charge >= 0.3 is 0 Å². The average molecular weight is 352 g/mol. The number of carbonyl (C=O) groups is 1. The molecule has 132 valence electrons. The molecule has 0 unspecified atom stereocenters. The van der Waals surface area contributed by atoms with E-state index < -0.39 is 5.66 Å². The summed E-state index contributed by atoms with van der Waals surface area (Å²) in [4.78, 5) is 23.6. The molecule has 0 fully saturated rings. The van der Waals surface area contributed by atoms with E-state index in [1.807, 2.05) is 31.2 Å². The van der Waals surface area contributed by atoms with Crippen LogP contribution in [0.4, 0.5) is 15.8 Å². The van der Waals surface area contributed by atoms with Crippen LogP contribution in [0, 0.1) is 5.82 Å². The number of carbonyl (C=O) groups excluding carboxylic acids is 1. The van der Waals surface area contributed by atoms with Crippen molar-refractivity contribution >= 4 is 29.2 Å². The van der Waals surface area contributed by atoms with Crippen molar-refractivity contribution in [1.29, 1.82) is 0 Å². The zero-order valence-electron chi connectivity index (χ0n) is 14.0. The number of guanidine groups is 2. The number of fused-ring (bicyclic) bond motifs is 2. The quantitative estimate of drug-likeness (QED) is 0.767. The number of halogens is 1. The third kappa shape index (κ3) is 2.38. The molecule has 2 aliphatic rings. The van der Waals surface area contributed by atoms with Gasteiger partial charge < -0.3 is 16.0 Å². The molecule has 1 spiro atoms. The van der Waals surface area contributed by atoms with Gasteiger partial charge in [0, 0.05) is 17.8 Å². The monoisotopic (exact) mass is 352 g/mol. The predicted octanol–water partition coefficient (Wildman–Crippen LogP) is 1.73. The van der Waals surface area contributed by atoms with E-state index >= 15 is 0 Å². The zero-order valence-corrected chi connectivity index (χ0v) is 14.0. The highest BCUT2D eigenvalue weighted by Gasteiger charge is 2.52. The van der Waals surface area contributed by atoms with Gasteiger partial charge in [-0.25, -0.2) is 14.4 Å². The Morgan fingerprint density at radius 2 is 1.92 bits per heavy atom. The van der Waals surface area contributed by atoms with E-state index in [-0.39, 0.29) is 23.6 Å². The number of para-hydroxylation sites is 1. The molecule has 2 aromatic rings. The third-order valence-corrected chi connectivity index (χ3v) is 4.34. The van der Waals surface area contributed by atoms with Gasteiger partial charge in [0.2, 0.25) is 5.96 Å². The number of likely N-dealkylation sites (N-methyl/N-ethyl adjacent to an activating group) is 1. The SMILES string of the molecule is CCN1C(=O)[C@@]2(N=C(N)NC(Nc3ccc(F)cc3)=N2)c2ccccc21. The summed E-state index contributed by atoms with van der Waals surface area (Å²) in [5, 5.41) is 5.83. The van der Waals surface area contributed by atoms with E-state index in [0.29, 0.717) is 17.8 Å². The summed E-state index contributed by atoms with van der Waals surface area (Å²) in [7, 11) is 0. The summed E-state index contributed by atoms with van der Waals surface area (Å²) in [5.41, 5.74) is 6.54. The van der Waals surface area contributed by atoms with Crippen LogP contribution in [0.1, 0.15) is 12.5 Å². The number of benzene rings is 2. The second kappa shape index (κ2) is 5.83. The molecule has 0 aliphatic carbocycles. The molecule has 8 heteroatoms. The minimum absolute atomic E-state index is 0.0747. The van der Waals surface area contributed by atoms with E-state index in [9.17, 15) is 9.18 Å². The number of anilines is 2. The number of amides is 1. The van der Waals surface area contributed by atoms with Crippen LogP contribution in [-0.2, 0) is 10.5 Å². The smallest absolute Gasteiger partial charge is 0.282 e. The predicted molar refractivity (Wildman–Crippen MR) is 98.4 cm³/mol. The van der Waals surface area contributed by atoms with E-state index in [1.165, 1.54) is 12.1 Å². The van der Waals surface area contributed by atoms with Gasteiger partial charge in [-0.1, -0.05) is 18.2 Å². The molecular formula is C18H17FN6O. The molecule has 1 atom stereocenters. The highest BCUT2D eigenvalue weighted by Crippen LogP contribution is 2.44. The van der Waals surface area contributed by atoms with Crippen molar-refractivity contribution in [2.24, 2.45) is 15.7 Å². The Kier molecular flexibility index (Phi) is 3.61. The number of nitrogens with one attached hydrogen (secondary N) is 2. The Morgan fingerprint density at radius 1 is 1.19 bits per heavy atom. The lowest BCUT2D eigenvalue weighted by Gasteiger charge is -2.27. The third-order valence-electron chi connectivity index (χ3n) is 4.34. The van der Waals surface area contributed by atoms with Crippen LogP contribution in [0.15, 0.2) is 58.5 Å². The summed E-state index contributed by atoms with van der Waals surface area (Å²) in [6.07, 6.45) is 0. The molecule has 0 saturated heterocycles. The second-order valence-corrected chi connectivity index (χ2v) is 5.95. The van der Waals surface area contributed by atoms with Crippen molar-refractivity contribution in [3.63, 3.8) is 0 Å². The Balaban J connectivity index is 1.79. The fourth-order valence-corrected chi connectivity index (χ4v) is 3.21. The van der Waals surface area contributed by atoms with Gasteiger partial charge in [0.1, 0.15) is 5.82 Å². The lowest BCUT2D eigenvalue weighted by molar-refractivity contribution is -0.122. The van der Waals surface area contributed by atoms with Gasteiger partial charge in [-0.05, 0) is 37.3 Å². The van der Waals surface area contributed by atoms with Gasteiger partial charge in [-0.2, -0.15) is 0 Å². The molecule has 2 aliphatic heterocycles. The first kappa shape index (κ1) is 16.1. The van der Waals surface area contributed by atoms with Gasteiger partial charge in [0.05, 0.1) is 5.69 Å². The topological polar surface area (TPSA) is 95.1 Å². The van der Waals surface area contributed by atoms with E-state index in [0.717, 1.165) is 5.69 Å². The van der Waals surface area contributed by atoms with Crippen LogP contribution in [-0.4, -0.2) is 24.4 Å². The summed E-state index contributed by atoms with van der Waals surface area (Å²) in [6, 6.07) is 13.2. The van der Waals surface area contributed by atoms with Crippen LogP contribution in [0.3, 0.4) is 0 Å². The van der Waals surface area contributed by atoms with Gasteiger partial charge in [-0.3, -0.25) is 10.1 Å². The van der Waals surface area contributed by atoms with Crippen LogP contribution in [0.5, 0.6) is 0 Å². The number of aliphatic imine (C=N–C) groups is 2. The number of nitrogens with two attached hydrogens (primary N) is 1. The average Bonchev–Trinajstić information content (AvgIpc) is 2.85. The standard InChI is InChI=1S/C18H17FN6O/c1-2-25-14-6-4-3-5-13(14)18(15(25)26)23-16(20)22-17(24-18)21-12-9-7-11(19)8-10-12/h3-10H,2H2,1H3,(H4,20,21,22,23,24)/t18-/m1/s1. The lowest BCUT2D eigenvalue weighted by atomic mass is 10.0. The van der Waals surface area contributed by atoms with Crippen molar-refractivity contribution in [1.82, 2.24) is 5.32 Å². The highest BCUT2D eigenvalue weighted by atomic mass is 19.1. The van der Waals surface area contributed by atoms with Gasteiger partial charge in [-0.15, -0.1) is 0 Å². The molecule has 2 aromatic carbocycles. The van der Waals surface area contributed by atoms with Crippen molar-refractivity contribution < 1.29 is 9.18 Å². The lowest BCUT2D eigenvalue weighted by Crippen LogP contribution is -2.51. The number of hydrogen-bond donors (Lipinski definition) is 3. The highest BCUT2D eigenvalue weighted by molar-refractivity contribution is 6.14. The summed E-state index contributed by atoms with van der Waals surface area (Å²) in [5.74, 6) is -0.259. The minimum atomic E-state index is -1.45. The summed E-state index contributed by atoms with van der Waals surface area (Å²) >= 11 is 0. The minimum Gasteiger partial charge on any atom is -0.370 e. The van der Waals surface area contributed by atoms with Crippen molar-refractivity contribution in [2.45, 2.75) is 12.6 Å². The molecule has 0 radical (unpaired) electrons. The van der Waals surface area contributed by atoms with Crippen LogP contribution < -0.4 is 21.3 Å². The maximum absolute atomic E-state index is 13.1. The van der Waals surface area contributed by atoms with Gasteiger partial charge in [0.15, 0.2) is 5.96 Å². The van der Waals surface area contributed by atoms with E-state index in [1.54, 1.807) is 17.0 Å². The number of rotatable bonds is 2. The first-order valence-corrected chi connectivity index (χ1v) is 8.20. The van der Waals surface area contributed by atoms with Gasteiger partial charge in [0.25, 0.3) is 11.6 Å². The summed E-state index contributed by atoms with van der Waals surface area (Å²) in [6.45, 7) is 2.39. The first-order chi connectivity index (χ1) is 12.5. The normalized spacial score (nSPS) is 21.2. The van der Waals surface area contributed by atoms with E-state index in [2.05, 4.69) is 20.6 Å². The molecule has 2 heterocycles. The Morgan fingerprint density at radius 3 is 2.65 bits per heavy atom. The van der Waals surface area contributed by atoms with Crippen LogP contribution >= 0.6 is 0 Å². The molecule has 4 N–H and O–H groups in total. The molecule has 0 aromatic heterocycles. The van der Waals surface area contributed by atoms with Crippen LogP contribution in [0.2, 0.25) is 0 Å². The van der Waals surface area contributed by atoms with Crippen molar-refractivity contribution in [3.05, 3.63) is 59.9 Å². The first-order valence-electron chi connectivity index (χ1n) is 8.20. The Labute approximate surface area is 149 Å². The second-order valence-electron chi connectivity index (χ2n) is 5.95. The zero-order chi connectivity index (χ0) is 18.3. The van der Waals surface area contributed by atoms with Crippen LogP contribution in [0.25, 0.3) is 0 Å². The number of hydrogen-bond acceptors (Lipinski definition) is 6. The fourth-order valence-electron chi connectivity index (χ4n) is 3.21. The van der Waals surface area contributed by atoms with Crippen molar-refractivity contribution in [3.8, 4) is 0 Å².